The van der Waals surface area contributed by atoms with Crippen LogP contribution in [0.2, 0.25) is 0 Å². The molecule has 1 unspecified atom stereocenters. The molecule has 1 aliphatic heterocycles. The van der Waals surface area contributed by atoms with Crippen molar-refractivity contribution in [2.75, 3.05) is 40.3 Å². The molecule has 0 spiro atoms. The molecule has 0 radical (unpaired) electrons. The zero-order valence-corrected chi connectivity index (χ0v) is 8.39. The van der Waals surface area contributed by atoms with Crippen LogP contribution in [0.5, 0.6) is 0 Å². The van der Waals surface area contributed by atoms with Gasteiger partial charge in [0.1, 0.15) is 0 Å². The molecule has 1 rings (SSSR count). The lowest BCUT2D eigenvalue weighted by Crippen LogP contribution is -2.43. The summed E-state index contributed by atoms with van der Waals surface area (Å²) in [7, 11) is 3.80. The zero-order valence-electron chi connectivity index (χ0n) is 8.39. The van der Waals surface area contributed by atoms with Gasteiger partial charge in [-0.2, -0.15) is 0 Å². The second-order valence-electron chi connectivity index (χ2n) is 3.54. The van der Waals surface area contributed by atoms with Gasteiger partial charge in [0.05, 0.1) is 5.60 Å². The number of rotatable bonds is 4. The molecule has 0 aromatic rings. The predicted octanol–water partition coefficient (Wildman–Crippen LogP) is 0.317. The first-order chi connectivity index (χ1) is 5.76. The summed E-state index contributed by atoms with van der Waals surface area (Å²) in [6.07, 6.45) is 1.15. The summed E-state index contributed by atoms with van der Waals surface area (Å²) in [5, 5.41) is 3.19. The van der Waals surface area contributed by atoms with Gasteiger partial charge in [-0.15, -0.1) is 0 Å². The lowest BCUT2D eigenvalue weighted by molar-refractivity contribution is 0.00122. The maximum absolute atomic E-state index is 5.57. The molecule has 0 aromatic carbocycles. The van der Waals surface area contributed by atoms with Gasteiger partial charge in [0.15, 0.2) is 0 Å². The van der Waals surface area contributed by atoms with Crippen LogP contribution >= 0.6 is 0 Å². The van der Waals surface area contributed by atoms with Gasteiger partial charge in [-0.05, 0) is 20.0 Å². The van der Waals surface area contributed by atoms with Gasteiger partial charge < -0.3 is 15.0 Å². The third-order valence-electron chi connectivity index (χ3n) is 2.77. The molecule has 0 amide bonds. The summed E-state index contributed by atoms with van der Waals surface area (Å²) in [5.74, 6) is 0. The topological polar surface area (TPSA) is 24.5 Å². The van der Waals surface area contributed by atoms with Gasteiger partial charge in [0, 0.05) is 26.7 Å². The summed E-state index contributed by atoms with van der Waals surface area (Å²) < 4.78 is 5.57. The van der Waals surface area contributed by atoms with Gasteiger partial charge in [-0.3, -0.25) is 0 Å². The molecule has 3 heteroatoms. The van der Waals surface area contributed by atoms with E-state index in [0.29, 0.717) is 0 Å². The minimum Gasteiger partial charge on any atom is -0.376 e. The first-order valence-electron chi connectivity index (χ1n) is 4.68. The van der Waals surface area contributed by atoms with E-state index in [4.69, 9.17) is 4.74 Å². The van der Waals surface area contributed by atoms with E-state index in [1.54, 1.807) is 0 Å². The Hall–Kier alpha value is -0.120. The summed E-state index contributed by atoms with van der Waals surface area (Å²) in [6, 6.07) is 0. The number of likely N-dealkylation sites (tertiary alicyclic amines) is 1. The van der Waals surface area contributed by atoms with Gasteiger partial charge in [0.25, 0.3) is 0 Å². The molecular weight excluding hydrogens is 152 g/mol. The highest BCUT2D eigenvalue weighted by Crippen LogP contribution is 2.23. The Balaban J connectivity index is 2.47. The SMILES string of the molecule is CCN1CCC(CNC)(OC)C1. The Bertz CT molecular complexity index is 140. The van der Waals surface area contributed by atoms with Gasteiger partial charge in [0.2, 0.25) is 0 Å². The summed E-state index contributed by atoms with van der Waals surface area (Å²) in [4.78, 5) is 2.43. The first kappa shape index (κ1) is 9.96. The maximum Gasteiger partial charge on any atom is 0.0940 e. The van der Waals surface area contributed by atoms with E-state index < -0.39 is 0 Å². The van der Waals surface area contributed by atoms with Crippen LogP contribution in [0, 0.1) is 0 Å². The largest absolute Gasteiger partial charge is 0.376 e. The first-order valence-corrected chi connectivity index (χ1v) is 4.68. The minimum atomic E-state index is 0.0742. The number of nitrogens with zero attached hydrogens (tertiary/aromatic N) is 1. The minimum absolute atomic E-state index is 0.0742. The van der Waals surface area contributed by atoms with Gasteiger partial charge in [-0.1, -0.05) is 6.92 Å². The van der Waals surface area contributed by atoms with Crippen molar-refractivity contribution in [2.45, 2.75) is 18.9 Å². The third-order valence-corrected chi connectivity index (χ3v) is 2.77. The van der Waals surface area contributed by atoms with Crippen molar-refractivity contribution in [3.05, 3.63) is 0 Å². The van der Waals surface area contributed by atoms with Crippen molar-refractivity contribution in [2.24, 2.45) is 0 Å². The molecule has 0 aliphatic carbocycles. The van der Waals surface area contributed by atoms with Crippen LogP contribution in [0.15, 0.2) is 0 Å². The molecule has 1 aliphatic rings. The van der Waals surface area contributed by atoms with Crippen molar-refractivity contribution in [3.8, 4) is 0 Å². The lowest BCUT2D eigenvalue weighted by atomic mass is 10.0. The highest BCUT2D eigenvalue weighted by Gasteiger charge is 2.36. The summed E-state index contributed by atoms with van der Waals surface area (Å²) in [6.45, 7) is 6.53. The Morgan fingerprint density at radius 1 is 1.58 bits per heavy atom. The third kappa shape index (κ3) is 1.97. The molecule has 0 bridgehead atoms. The molecule has 1 saturated heterocycles. The van der Waals surface area contributed by atoms with E-state index in [0.717, 1.165) is 26.1 Å². The van der Waals surface area contributed by atoms with E-state index in [2.05, 4.69) is 17.1 Å². The fourth-order valence-electron chi connectivity index (χ4n) is 1.90. The number of hydrogen-bond donors (Lipinski definition) is 1. The standard InChI is InChI=1S/C9H20N2O/c1-4-11-6-5-9(8-11,12-3)7-10-2/h10H,4-8H2,1-3H3. The molecule has 3 nitrogen and oxygen atoms in total. The molecule has 1 N–H and O–H groups in total. The van der Waals surface area contributed by atoms with Crippen LogP contribution in [0.25, 0.3) is 0 Å². The van der Waals surface area contributed by atoms with Crippen molar-refractivity contribution in [3.63, 3.8) is 0 Å². The highest BCUT2D eigenvalue weighted by molar-refractivity contribution is 4.92. The normalized spacial score (nSPS) is 31.2. The van der Waals surface area contributed by atoms with Crippen LogP contribution in [0.3, 0.4) is 0 Å². The second kappa shape index (κ2) is 4.21. The smallest absolute Gasteiger partial charge is 0.0940 e. The van der Waals surface area contributed by atoms with Crippen molar-refractivity contribution >= 4 is 0 Å². The number of likely N-dealkylation sites (N-methyl/N-ethyl adjacent to an activating group) is 2. The number of nitrogens with one attached hydrogen (secondary N) is 1. The Morgan fingerprint density at radius 3 is 2.75 bits per heavy atom. The van der Waals surface area contributed by atoms with E-state index >= 15 is 0 Å². The van der Waals surface area contributed by atoms with E-state index in [-0.39, 0.29) is 5.60 Å². The van der Waals surface area contributed by atoms with Crippen LogP contribution in [0.4, 0.5) is 0 Å². The van der Waals surface area contributed by atoms with Crippen LogP contribution in [-0.4, -0.2) is 50.8 Å². The fraction of sp³-hybridized carbons (Fsp3) is 1.00. The Labute approximate surface area is 75.1 Å². The van der Waals surface area contributed by atoms with Crippen molar-refractivity contribution in [1.82, 2.24) is 10.2 Å². The molecule has 12 heavy (non-hydrogen) atoms. The van der Waals surface area contributed by atoms with Crippen LogP contribution < -0.4 is 5.32 Å². The number of ether oxygens (including phenoxy) is 1. The molecule has 0 aromatic heterocycles. The second-order valence-corrected chi connectivity index (χ2v) is 3.54. The number of methoxy groups -OCH3 is 1. The molecule has 1 heterocycles. The quantitative estimate of drug-likeness (QED) is 0.661. The fourth-order valence-corrected chi connectivity index (χ4v) is 1.90. The van der Waals surface area contributed by atoms with E-state index in [1.807, 2.05) is 14.2 Å². The maximum atomic E-state index is 5.57. The lowest BCUT2D eigenvalue weighted by Gasteiger charge is -2.27. The Kier molecular flexibility index (Phi) is 3.50. The van der Waals surface area contributed by atoms with Gasteiger partial charge >= 0.3 is 0 Å². The molecular formula is C9H20N2O. The molecule has 72 valence electrons. The average molecular weight is 172 g/mol. The van der Waals surface area contributed by atoms with E-state index in [1.165, 1.54) is 6.54 Å². The number of hydrogen-bond acceptors (Lipinski definition) is 3. The summed E-state index contributed by atoms with van der Waals surface area (Å²) in [5.41, 5.74) is 0.0742. The Morgan fingerprint density at radius 2 is 2.33 bits per heavy atom. The summed E-state index contributed by atoms with van der Waals surface area (Å²) >= 11 is 0. The van der Waals surface area contributed by atoms with E-state index in [9.17, 15) is 0 Å². The molecule has 1 atom stereocenters. The van der Waals surface area contributed by atoms with Gasteiger partial charge in [-0.25, -0.2) is 0 Å². The monoisotopic (exact) mass is 172 g/mol. The van der Waals surface area contributed by atoms with Crippen molar-refractivity contribution < 1.29 is 4.74 Å². The molecule has 1 fully saturated rings. The van der Waals surface area contributed by atoms with Crippen LogP contribution in [0.1, 0.15) is 13.3 Å². The van der Waals surface area contributed by atoms with Crippen LogP contribution in [-0.2, 0) is 4.74 Å². The highest BCUT2D eigenvalue weighted by atomic mass is 16.5. The zero-order chi connectivity index (χ0) is 9.03. The molecule has 0 saturated carbocycles. The predicted molar refractivity (Wildman–Crippen MR) is 50.4 cm³/mol. The average Bonchev–Trinajstić information content (AvgIpc) is 2.50. The van der Waals surface area contributed by atoms with Crippen molar-refractivity contribution in [1.29, 1.82) is 0 Å².